The second kappa shape index (κ2) is 7.30. The van der Waals surface area contributed by atoms with Crippen molar-refractivity contribution in [2.75, 3.05) is 18.6 Å². The number of nitrogens with zero attached hydrogens (tertiary/aromatic N) is 2. The monoisotopic (exact) mass is 372 g/mol. The average molecular weight is 372 g/mol. The maximum atomic E-state index is 12.8. The summed E-state index contributed by atoms with van der Waals surface area (Å²) in [5.74, 6) is 0.477. The molecule has 0 saturated heterocycles. The highest BCUT2D eigenvalue weighted by Gasteiger charge is 2.33. The normalized spacial score (nSPS) is 23.2. The third kappa shape index (κ3) is 3.31. The number of ether oxygens (including phenoxy) is 2. The standard InChI is InChI=1S/C19H24N4O4/c1-3-11-8-12-13(9-26-11)21-22-17(12)18(24)20-14-10-27-16-7-5-4-6-15(16)23(2)19(14)25/h4-7,11,14,18,20,24H,3,8-10H2,1-2H3,(H,21,22)/t11?,14-,18?/m0/s1. The summed E-state index contributed by atoms with van der Waals surface area (Å²) in [7, 11) is 1.70. The average Bonchev–Trinajstić information content (AvgIpc) is 3.08. The molecule has 3 heterocycles. The highest BCUT2D eigenvalue weighted by atomic mass is 16.5. The summed E-state index contributed by atoms with van der Waals surface area (Å²) >= 11 is 0. The van der Waals surface area contributed by atoms with E-state index in [0.29, 0.717) is 30.2 Å². The van der Waals surface area contributed by atoms with Crippen LogP contribution in [0.2, 0.25) is 0 Å². The highest BCUT2D eigenvalue weighted by Crippen LogP contribution is 2.31. The predicted molar refractivity (Wildman–Crippen MR) is 98.4 cm³/mol. The third-order valence-corrected chi connectivity index (χ3v) is 5.21. The second-order valence-electron chi connectivity index (χ2n) is 6.91. The van der Waals surface area contributed by atoms with Crippen molar-refractivity contribution in [2.45, 2.75) is 44.7 Å². The number of nitrogens with one attached hydrogen (secondary N) is 2. The smallest absolute Gasteiger partial charge is 0.247 e. The molecule has 0 aliphatic carbocycles. The summed E-state index contributed by atoms with van der Waals surface area (Å²) in [5, 5.41) is 20.9. The number of carbonyl (C=O) groups is 1. The fourth-order valence-corrected chi connectivity index (χ4v) is 3.58. The first-order valence-corrected chi connectivity index (χ1v) is 9.19. The van der Waals surface area contributed by atoms with E-state index >= 15 is 0 Å². The number of fused-ring (bicyclic) bond motifs is 2. The number of anilines is 1. The van der Waals surface area contributed by atoms with Gasteiger partial charge in [0.05, 0.1) is 24.1 Å². The molecule has 3 atom stereocenters. The van der Waals surface area contributed by atoms with Gasteiger partial charge in [0, 0.05) is 19.0 Å². The van der Waals surface area contributed by atoms with Gasteiger partial charge in [-0.1, -0.05) is 19.1 Å². The van der Waals surface area contributed by atoms with Crippen molar-refractivity contribution in [3.8, 4) is 5.75 Å². The first-order valence-electron chi connectivity index (χ1n) is 9.19. The molecule has 1 amide bonds. The Morgan fingerprint density at radius 1 is 1.44 bits per heavy atom. The quantitative estimate of drug-likeness (QED) is 0.699. The maximum Gasteiger partial charge on any atom is 0.247 e. The molecule has 2 aliphatic rings. The zero-order valence-electron chi connectivity index (χ0n) is 15.4. The van der Waals surface area contributed by atoms with Crippen LogP contribution in [0.15, 0.2) is 24.3 Å². The van der Waals surface area contributed by atoms with Crippen LogP contribution in [-0.4, -0.2) is 47.0 Å². The van der Waals surface area contributed by atoms with Crippen molar-refractivity contribution in [2.24, 2.45) is 0 Å². The molecule has 8 heteroatoms. The number of benzene rings is 1. The van der Waals surface area contributed by atoms with Crippen LogP contribution in [0.3, 0.4) is 0 Å². The van der Waals surface area contributed by atoms with E-state index in [1.165, 1.54) is 0 Å². The molecule has 0 radical (unpaired) electrons. The Kier molecular flexibility index (Phi) is 4.86. The number of aromatic nitrogens is 2. The first-order chi connectivity index (χ1) is 13.1. The number of amides is 1. The number of aliphatic hydroxyl groups is 1. The van der Waals surface area contributed by atoms with Gasteiger partial charge in [-0.05, 0) is 18.6 Å². The Labute approximate surface area is 157 Å². The number of rotatable bonds is 4. The molecule has 0 spiro atoms. The van der Waals surface area contributed by atoms with Crippen LogP contribution in [0.25, 0.3) is 0 Å². The van der Waals surface area contributed by atoms with E-state index in [0.717, 1.165) is 17.7 Å². The molecule has 0 saturated carbocycles. The van der Waals surface area contributed by atoms with Gasteiger partial charge in [-0.3, -0.25) is 15.2 Å². The lowest BCUT2D eigenvalue weighted by Crippen LogP contribution is -2.48. The number of hydrogen-bond acceptors (Lipinski definition) is 6. The minimum atomic E-state index is -1.08. The van der Waals surface area contributed by atoms with Crippen molar-refractivity contribution in [3.63, 3.8) is 0 Å². The van der Waals surface area contributed by atoms with Crippen LogP contribution in [0, 0.1) is 0 Å². The van der Waals surface area contributed by atoms with Crippen molar-refractivity contribution < 1.29 is 19.4 Å². The zero-order chi connectivity index (χ0) is 19.0. The van der Waals surface area contributed by atoms with Crippen molar-refractivity contribution in [1.29, 1.82) is 0 Å². The van der Waals surface area contributed by atoms with E-state index in [1.54, 1.807) is 11.9 Å². The van der Waals surface area contributed by atoms with Gasteiger partial charge in [0.2, 0.25) is 5.91 Å². The Balaban J connectivity index is 1.52. The number of hydrogen-bond donors (Lipinski definition) is 3. The van der Waals surface area contributed by atoms with Gasteiger partial charge < -0.3 is 19.5 Å². The molecule has 4 rings (SSSR count). The third-order valence-electron chi connectivity index (χ3n) is 5.21. The Morgan fingerprint density at radius 3 is 3.07 bits per heavy atom. The van der Waals surface area contributed by atoms with E-state index in [2.05, 4.69) is 22.4 Å². The number of aliphatic hydroxyl groups excluding tert-OH is 1. The van der Waals surface area contributed by atoms with Crippen LogP contribution in [0.1, 0.15) is 36.5 Å². The Morgan fingerprint density at radius 2 is 2.26 bits per heavy atom. The number of H-pyrrole nitrogens is 1. The summed E-state index contributed by atoms with van der Waals surface area (Å²) in [5.41, 5.74) is 3.07. The molecule has 0 bridgehead atoms. The fraction of sp³-hybridized carbons (Fsp3) is 0.474. The molecule has 27 heavy (non-hydrogen) atoms. The molecule has 3 N–H and O–H groups in total. The minimum absolute atomic E-state index is 0.115. The molecule has 2 aliphatic heterocycles. The lowest BCUT2D eigenvalue weighted by Gasteiger charge is -2.25. The van der Waals surface area contributed by atoms with E-state index < -0.39 is 12.3 Å². The molecule has 0 fully saturated rings. The van der Waals surface area contributed by atoms with Gasteiger partial charge in [0.1, 0.15) is 24.1 Å². The van der Waals surface area contributed by atoms with E-state index in [4.69, 9.17) is 9.47 Å². The lowest BCUT2D eigenvalue weighted by molar-refractivity contribution is -0.121. The molecular formula is C19H24N4O4. The van der Waals surface area contributed by atoms with Crippen LogP contribution in [0.5, 0.6) is 5.75 Å². The van der Waals surface area contributed by atoms with Gasteiger partial charge in [-0.15, -0.1) is 0 Å². The summed E-state index contributed by atoms with van der Waals surface area (Å²) in [6, 6.07) is 6.69. The number of likely N-dealkylation sites (N-methyl/N-ethyl adjacent to an activating group) is 1. The SMILES string of the molecule is CCC1Cc2c(C(O)N[C@H]3COc4ccccc4N(C)C3=O)n[nH]c2CO1. The molecule has 2 unspecified atom stereocenters. The van der Waals surface area contributed by atoms with E-state index in [9.17, 15) is 9.90 Å². The minimum Gasteiger partial charge on any atom is -0.489 e. The van der Waals surface area contributed by atoms with Crippen LogP contribution in [-0.2, 0) is 22.6 Å². The Hall–Kier alpha value is -2.42. The van der Waals surface area contributed by atoms with Gasteiger partial charge in [0.25, 0.3) is 0 Å². The molecule has 2 aromatic rings. The molecular weight excluding hydrogens is 348 g/mol. The molecule has 144 valence electrons. The summed E-state index contributed by atoms with van der Waals surface area (Å²) in [6.07, 6.45) is 0.625. The largest absolute Gasteiger partial charge is 0.489 e. The van der Waals surface area contributed by atoms with Gasteiger partial charge in [-0.2, -0.15) is 5.10 Å². The van der Waals surface area contributed by atoms with Crippen LogP contribution >= 0.6 is 0 Å². The number of carbonyl (C=O) groups excluding carboxylic acids is 1. The first kappa shape index (κ1) is 18.0. The zero-order valence-corrected chi connectivity index (χ0v) is 15.4. The number of aromatic amines is 1. The Bertz CT molecular complexity index is 837. The van der Waals surface area contributed by atoms with Crippen molar-refractivity contribution in [3.05, 3.63) is 41.2 Å². The van der Waals surface area contributed by atoms with Crippen LogP contribution < -0.4 is 15.0 Å². The molecule has 1 aromatic carbocycles. The maximum absolute atomic E-state index is 12.8. The fourth-order valence-electron chi connectivity index (χ4n) is 3.58. The predicted octanol–water partition coefficient (Wildman–Crippen LogP) is 1.27. The lowest BCUT2D eigenvalue weighted by atomic mass is 10.0. The van der Waals surface area contributed by atoms with E-state index in [-0.39, 0.29) is 18.6 Å². The summed E-state index contributed by atoms with van der Waals surface area (Å²) in [6.45, 7) is 2.65. The van der Waals surface area contributed by atoms with Gasteiger partial charge in [0.15, 0.2) is 6.23 Å². The topological polar surface area (TPSA) is 99.7 Å². The second-order valence-corrected chi connectivity index (χ2v) is 6.91. The number of para-hydroxylation sites is 2. The summed E-state index contributed by atoms with van der Waals surface area (Å²) in [4.78, 5) is 14.4. The van der Waals surface area contributed by atoms with Crippen molar-refractivity contribution >= 4 is 11.6 Å². The van der Waals surface area contributed by atoms with Gasteiger partial charge >= 0.3 is 0 Å². The highest BCUT2D eigenvalue weighted by molar-refractivity contribution is 5.98. The van der Waals surface area contributed by atoms with Crippen molar-refractivity contribution in [1.82, 2.24) is 15.5 Å². The molecule has 1 aromatic heterocycles. The molecule has 8 nitrogen and oxygen atoms in total. The van der Waals surface area contributed by atoms with Crippen LogP contribution in [0.4, 0.5) is 5.69 Å². The van der Waals surface area contributed by atoms with Gasteiger partial charge in [-0.25, -0.2) is 0 Å². The summed E-state index contributed by atoms with van der Waals surface area (Å²) < 4.78 is 11.5. The van der Waals surface area contributed by atoms with E-state index in [1.807, 2.05) is 24.3 Å².